The summed E-state index contributed by atoms with van der Waals surface area (Å²) in [5.41, 5.74) is 1.59. The average Bonchev–Trinajstić information content (AvgIpc) is 3.43. The molecule has 1 heterocycles. The first-order chi connectivity index (χ1) is 18.8. The van der Waals surface area contributed by atoms with Crippen LogP contribution in [0.1, 0.15) is 54.7 Å². The third-order valence-corrected chi connectivity index (χ3v) is 7.65. The van der Waals surface area contributed by atoms with Crippen LogP contribution >= 0.6 is 27.3 Å². The highest BCUT2D eigenvalue weighted by Crippen LogP contribution is 2.29. The number of carbonyl (C=O) groups excluding carboxylic acids is 2. The molecule has 0 aliphatic carbocycles. The van der Waals surface area contributed by atoms with E-state index in [4.69, 9.17) is 4.74 Å². The quantitative estimate of drug-likeness (QED) is 0.202. The average molecular weight is 617 g/mol. The highest BCUT2D eigenvalue weighted by molar-refractivity contribution is 9.10. The van der Waals surface area contributed by atoms with Crippen LogP contribution in [0.15, 0.2) is 70.5 Å². The number of unbranched alkanes of at least 4 members (excludes halogenated alkanes) is 1. The summed E-state index contributed by atoms with van der Waals surface area (Å²) in [5, 5.41) is 17.1. The molecule has 3 N–H and O–H groups in total. The van der Waals surface area contributed by atoms with Crippen molar-refractivity contribution in [3.05, 3.63) is 86.5 Å². The van der Waals surface area contributed by atoms with Gasteiger partial charge in [0.2, 0.25) is 5.91 Å². The normalized spacial score (nSPS) is 12.3. The summed E-state index contributed by atoms with van der Waals surface area (Å²) in [6, 6.07) is 16.6. The maximum atomic E-state index is 13.8. The third-order valence-electron chi connectivity index (χ3n) is 6.17. The van der Waals surface area contributed by atoms with E-state index in [-0.39, 0.29) is 12.3 Å². The van der Waals surface area contributed by atoms with Gasteiger partial charge in [0, 0.05) is 11.4 Å². The van der Waals surface area contributed by atoms with E-state index in [2.05, 4.69) is 26.6 Å². The monoisotopic (exact) mass is 615 g/mol. The number of nitrogens with zero attached hydrogens (tertiary/aromatic N) is 1. The molecule has 0 radical (unpaired) electrons. The second kappa shape index (κ2) is 15.3. The van der Waals surface area contributed by atoms with Gasteiger partial charge in [0.15, 0.2) is 0 Å². The van der Waals surface area contributed by atoms with Crippen molar-refractivity contribution in [3.63, 3.8) is 0 Å². The minimum Gasteiger partial charge on any atom is -0.496 e. The highest BCUT2D eigenvalue weighted by atomic mass is 79.9. The van der Waals surface area contributed by atoms with Gasteiger partial charge in [-0.05, 0) is 57.1 Å². The van der Waals surface area contributed by atoms with Crippen LogP contribution in [0.25, 0.3) is 0 Å². The number of halogens is 1. The van der Waals surface area contributed by atoms with Crippen molar-refractivity contribution in [2.75, 3.05) is 7.11 Å². The fraction of sp³-hybridized carbons (Fsp3) is 0.345. The fourth-order valence-corrected chi connectivity index (χ4v) is 5.45. The van der Waals surface area contributed by atoms with E-state index in [1.54, 1.807) is 34.4 Å². The Labute approximate surface area is 241 Å². The van der Waals surface area contributed by atoms with Crippen LogP contribution in [0.2, 0.25) is 0 Å². The molecular weight excluding hydrogens is 582 g/mol. The van der Waals surface area contributed by atoms with Gasteiger partial charge < -0.3 is 25.4 Å². The molecule has 3 amide bonds. The Morgan fingerprint density at radius 2 is 1.82 bits per heavy atom. The summed E-state index contributed by atoms with van der Waals surface area (Å²) in [4.78, 5) is 41.4. The van der Waals surface area contributed by atoms with Gasteiger partial charge in [0.05, 0.1) is 30.6 Å². The molecule has 0 fully saturated rings. The van der Waals surface area contributed by atoms with Gasteiger partial charge in [-0.25, -0.2) is 4.79 Å². The molecular formula is C29H34BrN3O5S. The standard InChI is InChI=1S/C29H34BrN3O5S/c1-3-4-12-24(28(36)33(19-22-11-8-15-39-22)18-20-9-6-5-7-10-20)31-29(37)32-25(17-27(34)35)21-13-14-26(38-2)23(30)16-21/h5-11,13-16,24-25H,3-4,12,17-19H2,1-2H3,(H,34,35)(H2,31,32,37)/t24-,25?/m0/s1. The summed E-state index contributed by atoms with van der Waals surface area (Å²) in [6.07, 6.45) is 1.76. The number of carboxylic acid groups (broad SMARTS) is 1. The van der Waals surface area contributed by atoms with Gasteiger partial charge in [0.25, 0.3) is 0 Å². The maximum absolute atomic E-state index is 13.8. The lowest BCUT2D eigenvalue weighted by molar-refractivity contribution is -0.137. The van der Waals surface area contributed by atoms with Crippen molar-refractivity contribution in [2.24, 2.45) is 0 Å². The summed E-state index contributed by atoms with van der Waals surface area (Å²) in [7, 11) is 1.53. The third kappa shape index (κ3) is 9.40. The molecule has 2 atom stereocenters. The van der Waals surface area contributed by atoms with Crippen LogP contribution in [-0.2, 0) is 22.7 Å². The van der Waals surface area contributed by atoms with E-state index in [0.717, 1.165) is 23.3 Å². The Kier molecular flexibility index (Phi) is 11.8. The van der Waals surface area contributed by atoms with Crippen LogP contribution < -0.4 is 15.4 Å². The van der Waals surface area contributed by atoms with Crippen LogP contribution in [0.3, 0.4) is 0 Å². The van der Waals surface area contributed by atoms with Crippen molar-refractivity contribution in [3.8, 4) is 5.75 Å². The van der Waals surface area contributed by atoms with Gasteiger partial charge in [0.1, 0.15) is 11.8 Å². The largest absolute Gasteiger partial charge is 0.496 e. The van der Waals surface area contributed by atoms with Crippen molar-refractivity contribution < 1.29 is 24.2 Å². The van der Waals surface area contributed by atoms with Crippen LogP contribution in [0, 0.1) is 0 Å². The molecule has 0 bridgehead atoms. The molecule has 2 aromatic carbocycles. The summed E-state index contributed by atoms with van der Waals surface area (Å²) in [6.45, 7) is 2.86. The van der Waals surface area contributed by atoms with Gasteiger partial charge in [-0.1, -0.05) is 62.2 Å². The lowest BCUT2D eigenvalue weighted by Crippen LogP contribution is -2.51. The van der Waals surface area contributed by atoms with Crippen molar-refractivity contribution in [1.29, 1.82) is 0 Å². The summed E-state index contributed by atoms with van der Waals surface area (Å²) in [5.74, 6) is -0.652. The number of thiophene rings is 1. The maximum Gasteiger partial charge on any atom is 0.315 e. The number of benzene rings is 2. The predicted molar refractivity (Wildman–Crippen MR) is 156 cm³/mol. The number of ether oxygens (including phenoxy) is 1. The number of rotatable bonds is 14. The van der Waals surface area contributed by atoms with Crippen molar-refractivity contribution >= 4 is 45.2 Å². The predicted octanol–water partition coefficient (Wildman–Crippen LogP) is 6.12. The van der Waals surface area contributed by atoms with Crippen LogP contribution in [-0.4, -0.2) is 41.1 Å². The molecule has 0 aliphatic heterocycles. The second-order valence-corrected chi connectivity index (χ2v) is 11.0. The van der Waals surface area contributed by atoms with E-state index in [9.17, 15) is 19.5 Å². The Hall–Kier alpha value is -3.37. The molecule has 0 aliphatic rings. The zero-order chi connectivity index (χ0) is 28.2. The summed E-state index contributed by atoms with van der Waals surface area (Å²) >= 11 is 4.99. The van der Waals surface area contributed by atoms with Crippen molar-refractivity contribution in [2.45, 2.75) is 57.8 Å². The number of hydrogen-bond acceptors (Lipinski definition) is 5. The van der Waals surface area contributed by atoms with Gasteiger partial charge in [-0.3, -0.25) is 9.59 Å². The van der Waals surface area contributed by atoms with Gasteiger partial charge in [-0.2, -0.15) is 0 Å². The number of nitrogens with one attached hydrogen (secondary N) is 2. The molecule has 10 heteroatoms. The number of amides is 3. The first-order valence-corrected chi connectivity index (χ1v) is 14.4. The van der Waals surface area contributed by atoms with Crippen molar-refractivity contribution in [1.82, 2.24) is 15.5 Å². The minimum absolute atomic E-state index is 0.183. The Morgan fingerprint density at radius 3 is 2.44 bits per heavy atom. The molecule has 0 spiro atoms. The SMILES string of the molecule is CCCC[C@H](NC(=O)NC(CC(=O)O)c1ccc(OC)c(Br)c1)C(=O)N(Cc1ccccc1)Cc1cccs1. The highest BCUT2D eigenvalue weighted by Gasteiger charge is 2.28. The van der Waals surface area contributed by atoms with E-state index >= 15 is 0 Å². The lowest BCUT2D eigenvalue weighted by Gasteiger charge is -2.28. The van der Waals surface area contributed by atoms with E-state index < -0.39 is 24.1 Å². The van der Waals surface area contributed by atoms with E-state index in [1.807, 2.05) is 54.8 Å². The molecule has 1 unspecified atom stereocenters. The number of aliphatic carboxylic acids is 1. The first kappa shape index (κ1) is 30.2. The second-order valence-electron chi connectivity index (χ2n) is 9.12. The molecule has 3 rings (SSSR count). The van der Waals surface area contributed by atoms with E-state index in [1.165, 1.54) is 7.11 Å². The minimum atomic E-state index is -1.06. The molecule has 39 heavy (non-hydrogen) atoms. The van der Waals surface area contributed by atoms with Crippen LogP contribution in [0.5, 0.6) is 5.75 Å². The number of carboxylic acids is 1. The molecule has 8 nitrogen and oxygen atoms in total. The van der Waals surface area contributed by atoms with E-state index in [0.29, 0.717) is 35.3 Å². The van der Waals surface area contributed by atoms with Gasteiger partial charge >= 0.3 is 12.0 Å². The summed E-state index contributed by atoms with van der Waals surface area (Å²) < 4.78 is 5.90. The van der Waals surface area contributed by atoms with Gasteiger partial charge in [-0.15, -0.1) is 11.3 Å². The molecule has 3 aromatic rings. The Balaban J connectivity index is 1.79. The Bertz CT molecular complexity index is 1220. The fourth-order valence-electron chi connectivity index (χ4n) is 4.18. The number of methoxy groups -OCH3 is 1. The molecule has 0 saturated heterocycles. The first-order valence-electron chi connectivity index (χ1n) is 12.8. The number of hydrogen-bond donors (Lipinski definition) is 3. The molecule has 1 aromatic heterocycles. The number of carbonyl (C=O) groups is 3. The lowest BCUT2D eigenvalue weighted by atomic mass is 10.0. The smallest absolute Gasteiger partial charge is 0.315 e. The zero-order valence-electron chi connectivity index (χ0n) is 22.1. The Morgan fingerprint density at radius 1 is 1.05 bits per heavy atom. The topological polar surface area (TPSA) is 108 Å². The number of urea groups is 1. The van der Waals surface area contributed by atoms with Crippen LogP contribution in [0.4, 0.5) is 4.79 Å². The zero-order valence-corrected chi connectivity index (χ0v) is 24.5. The molecule has 208 valence electrons. The molecule has 0 saturated carbocycles.